The molecule has 0 radical (unpaired) electrons. The molecule has 5 heteroatoms. The van der Waals surface area contributed by atoms with Gasteiger partial charge in [0.05, 0.1) is 32.0 Å². The second-order valence-corrected chi connectivity index (χ2v) is 4.93. The van der Waals surface area contributed by atoms with Gasteiger partial charge in [0.25, 0.3) is 0 Å². The van der Waals surface area contributed by atoms with Crippen LogP contribution in [0.4, 0.5) is 0 Å². The minimum Gasteiger partial charge on any atom is -0.390 e. The third-order valence-corrected chi connectivity index (χ3v) is 3.52. The van der Waals surface area contributed by atoms with Crippen molar-refractivity contribution < 1.29 is 24.4 Å². The van der Waals surface area contributed by atoms with E-state index in [1.54, 1.807) is 0 Å². The molecule has 0 spiro atoms. The first kappa shape index (κ1) is 14.0. The molecule has 0 aliphatic carbocycles. The molecule has 0 aromatic heterocycles. The van der Waals surface area contributed by atoms with Crippen molar-refractivity contribution in [2.24, 2.45) is 0 Å². The van der Waals surface area contributed by atoms with Crippen molar-refractivity contribution in [1.29, 1.82) is 0 Å². The van der Waals surface area contributed by atoms with Crippen LogP contribution in [-0.4, -0.2) is 54.1 Å². The Labute approximate surface area is 107 Å². The molecule has 2 rings (SSSR count). The maximum Gasteiger partial charge on any atom is 0.168 e. The van der Waals surface area contributed by atoms with E-state index in [1.165, 1.54) is 6.08 Å². The molecule has 2 fully saturated rings. The summed E-state index contributed by atoms with van der Waals surface area (Å²) < 4.78 is 16.4. The number of hydrogen-bond acceptors (Lipinski definition) is 5. The largest absolute Gasteiger partial charge is 0.390 e. The molecule has 0 saturated carbocycles. The molecule has 2 aliphatic heterocycles. The van der Waals surface area contributed by atoms with Crippen molar-refractivity contribution in [3.05, 3.63) is 12.7 Å². The first-order valence-electron chi connectivity index (χ1n) is 6.53. The third-order valence-electron chi connectivity index (χ3n) is 3.52. The van der Waals surface area contributed by atoms with E-state index in [0.717, 1.165) is 0 Å². The van der Waals surface area contributed by atoms with Gasteiger partial charge in [0.2, 0.25) is 0 Å². The molecule has 3 atom stereocenters. The highest BCUT2D eigenvalue weighted by molar-refractivity contribution is 4.85. The lowest BCUT2D eigenvalue weighted by atomic mass is 9.99. The Bertz CT molecular complexity index is 271. The summed E-state index contributed by atoms with van der Waals surface area (Å²) in [6, 6.07) is 0. The minimum atomic E-state index is -0.653. The molecular weight excluding hydrogens is 236 g/mol. The van der Waals surface area contributed by atoms with Crippen LogP contribution < -0.4 is 0 Å². The molecule has 0 amide bonds. The quantitative estimate of drug-likeness (QED) is 0.492. The van der Waals surface area contributed by atoms with Crippen LogP contribution in [0.3, 0.4) is 0 Å². The van der Waals surface area contributed by atoms with Crippen molar-refractivity contribution >= 4 is 0 Å². The highest BCUT2D eigenvalue weighted by atomic mass is 16.7. The smallest absolute Gasteiger partial charge is 0.168 e. The molecule has 104 valence electrons. The second-order valence-electron chi connectivity index (χ2n) is 4.93. The number of hydrogen-bond donors (Lipinski definition) is 2. The topological polar surface area (TPSA) is 71.5 Å². The maximum atomic E-state index is 9.79. The Kier molecular flexibility index (Phi) is 4.75. The van der Waals surface area contributed by atoms with Crippen LogP contribution in [0.15, 0.2) is 12.7 Å². The average molecular weight is 258 g/mol. The molecule has 0 aromatic rings. The molecule has 2 N–H and O–H groups in total. The van der Waals surface area contributed by atoms with E-state index in [1.807, 2.05) is 0 Å². The number of ether oxygens (including phenoxy) is 3. The molecule has 2 saturated heterocycles. The Morgan fingerprint density at radius 3 is 2.39 bits per heavy atom. The Balaban J connectivity index is 1.79. The fraction of sp³-hybridized carbons (Fsp3) is 0.846. The van der Waals surface area contributed by atoms with Crippen LogP contribution >= 0.6 is 0 Å². The first-order valence-corrected chi connectivity index (χ1v) is 6.53. The van der Waals surface area contributed by atoms with Gasteiger partial charge in [0.1, 0.15) is 6.10 Å². The van der Waals surface area contributed by atoms with Crippen LogP contribution in [0, 0.1) is 0 Å². The van der Waals surface area contributed by atoms with Gasteiger partial charge in [-0.1, -0.05) is 6.08 Å². The predicted octanol–water partition coefficient (Wildman–Crippen LogP) is 0.596. The zero-order chi connectivity index (χ0) is 13.0. The zero-order valence-electron chi connectivity index (χ0n) is 10.6. The normalized spacial score (nSPS) is 28.9. The van der Waals surface area contributed by atoms with Crippen molar-refractivity contribution in [1.82, 2.24) is 0 Å². The minimum absolute atomic E-state index is 0.0118. The molecule has 18 heavy (non-hydrogen) atoms. The van der Waals surface area contributed by atoms with Crippen LogP contribution in [0.1, 0.15) is 25.7 Å². The Morgan fingerprint density at radius 2 is 1.83 bits per heavy atom. The zero-order valence-corrected chi connectivity index (χ0v) is 10.6. The summed E-state index contributed by atoms with van der Waals surface area (Å²) in [6.07, 6.45) is 2.90. The summed E-state index contributed by atoms with van der Waals surface area (Å²) in [5.41, 5.74) is 0. The lowest BCUT2D eigenvalue weighted by Crippen LogP contribution is -2.33. The van der Waals surface area contributed by atoms with E-state index in [-0.39, 0.29) is 6.10 Å². The van der Waals surface area contributed by atoms with Crippen LogP contribution in [0.2, 0.25) is 0 Å². The van der Waals surface area contributed by atoms with Crippen LogP contribution in [-0.2, 0) is 14.2 Å². The second kappa shape index (κ2) is 6.12. The third kappa shape index (κ3) is 3.76. The average Bonchev–Trinajstić information content (AvgIpc) is 3.14. The van der Waals surface area contributed by atoms with Gasteiger partial charge in [-0.25, -0.2) is 0 Å². The van der Waals surface area contributed by atoms with Gasteiger partial charge >= 0.3 is 0 Å². The fourth-order valence-electron chi connectivity index (χ4n) is 2.23. The fourth-order valence-corrected chi connectivity index (χ4v) is 2.23. The van der Waals surface area contributed by atoms with Gasteiger partial charge in [-0.05, 0) is 12.8 Å². The first-order chi connectivity index (χ1) is 8.65. The van der Waals surface area contributed by atoms with Crippen molar-refractivity contribution in [3.8, 4) is 0 Å². The van der Waals surface area contributed by atoms with Crippen LogP contribution in [0.5, 0.6) is 0 Å². The van der Waals surface area contributed by atoms with Gasteiger partial charge in [-0.15, -0.1) is 6.58 Å². The van der Waals surface area contributed by atoms with E-state index in [9.17, 15) is 10.2 Å². The monoisotopic (exact) mass is 258 g/mol. The molecule has 0 aromatic carbocycles. The lowest BCUT2D eigenvalue weighted by molar-refractivity contribution is -0.174. The number of aliphatic hydroxyl groups is 2. The number of rotatable bonds is 8. The van der Waals surface area contributed by atoms with Gasteiger partial charge in [0, 0.05) is 12.8 Å². The Morgan fingerprint density at radius 1 is 1.22 bits per heavy atom. The highest BCUT2D eigenvalue weighted by Gasteiger charge is 2.39. The maximum absolute atomic E-state index is 9.79. The molecule has 2 heterocycles. The highest BCUT2D eigenvalue weighted by Crippen LogP contribution is 2.32. The lowest BCUT2D eigenvalue weighted by Gasteiger charge is -2.28. The number of aliphatic hydroxyl groups excluding tert-OH is 2. The summed E-state index contributed by atoms with van der Waals surface area (Å²) in [4.78, 5) is 0. The molecule has 5 nitrogen and oxygen atoms in total. The SMILES string of the molecule is C=C[C@H](O)CCC1(CC[C@H](O)[C@H]2CO2)OCCO1. The molecular formula is C13H22O5. The summed E-state index contributed by atoms with van der Waals surface area (Å²) in [6.45, 7) is 5.33. The standard InChI is InChI=1S/C13H22O5/c1-2-10(14)3-5-13(17-7-8-18-13)6-4-11(15)12-9-16-12/h2,10-12,14-15H,1,3-9H2/t10-,11-,12+/m0/s1. The molecule has 0 bridgehead atoms. The van der Waals surface area contributed by atoms with Crippen molar-refractivity contribution in [2.75, 3.05) is 19.8 Å². The van der Waals surface area contributed by atoms with Crippen LogP contribution in [0.25, 0.3) is 0 Å². The summed E-state index contributed by atoms with van der Waals surface area (Å²) in [7, 11) is 0. The molecule has 2 aliphatic rings. The van der Waals surface area contributed by atoms with Gasteiger partial charge in [-0.2, -0.15) is 0 Å². The van der Waals surface area contributed by atoms with Crippen molar-refractivity contribution in [3.63, 3.8) is 0 Å². The van der Waals surface area contributed by atoms with E-state index in [2.05, 4.69) is 6.58 Å². The summed E-state index contributed by atoms with van der Waals surface area (Å²) in [5.74, 6) is -0.653. The van der Waals surface area contributed by atoms with Crippen molar-refractivity contribution in [2.45, 2.75) is 49.8 Å². The van der Waals surface area contributed by atoms with E-state index < -0.39 is 18.0 Å². The van der Waals surface area contributed by atoms with Gasteiger partial charge in [-0.3, -0.25) is 0 Å². The van der Waals surface area contributed by atoms with Gasteiger partial charge in [0.15, 0.2) is 5.79 Å². The Hall–Kier alpha value is -0.460. The predicted molar refractivity (Wildman–Crippen MR) is 65.1 cm³/mol. The molecule has 0 unspecified atom stereocenters. The van der Waals surface area contributed by atoms with E-state index in [0.29, 0.717) is 45.5 Å². The summed E-state index contributed by atoms with van der Waals surface area (Å²) >= 11 is 0. The van der Waals surface area contributed by atoms with Gasteiger partial charge < -0.3 is 24.4 Å². The number of epoxide rings is 1. The van der Waals surface area contributed by atoms with E-state index >= 15 is 0 Å². The summed E-state index contributed by atoms with van der Waals surface area (Å²) in [5, 5.41) is 19.3. The van der Waals surface area contributed by atoms with E-state index in [4.69, 9.17) is 14.2 Å².